The molecule has 5 heterocycles. The second-order valence-corrected chi connectivity index (χ2v) is 11.3. The summed E-state index contributed by atoms with van der Waals surface area (Å²) in [6.45, 7) is 9.04. The van der Waals surface area contributed by atoms with Crippen molar-refractivity contribution in [2.75, 3.05) is 30.3 Å². The first-order valence-electron chi connectivity index (χ1n) is 12.2. The van der Waals surface area contributed by atoms with E-state index in [-0.39, 0.29) is 6.04 Å². The average Bonchev–Trinajstić information content (AvgIpc) is 3.48. The Morgan fingerprint density at radius 2 is 2.03 bits per heavy atom. The molecule has 5 rings (SSSR count). The highest BCUT2D eigenvalue weighted by molar-refractivity contribution is 7.99. The second kappa shape index (κ2) is 10.3. The maximum atomic E-state index is 6.64. The van der Waals surface area contributed by atoms with E-state index < -0.39 is 0 Å². The molecule has 0 saturated carbocycles. The molecule has 2 saturated heterocycles. The van der Waals surface area contributed by atoms with Gasteiger partial charge in [-0.3, -0.25) is 4.68 Å². The van der Waals surface area contributed by atoms with Crippen LogP contribution in [0.25, 0.3) is 0 Å². The minimum absolute atomic E-state index is 0.275. The summed E-state index contributed by atoms with van der Waals surface area (Å²) in [6.07, 6.45) is 10.8. The van der Waals surface area contributed by atoms with Gasteiger partial charge in [0, 0.05) is 36.4 Å². The van der Waals surface area contributed by atoms with E-state index >= 15 is 0 Å². The van der Waals surface area contributed by atoms with Crippen LogP contribution in [0, 0.1) is 17.3 Å². The van der Waals surface area contributed by atoms with Gasteiger partial charge in [-0.15, -0.1) is 0 Å². The molecule has 3 aromatic heterocycles. The summed E-state index contributed by atoms with van der Waals surface area (Å²) in [4.78, 5) is 16.7. The Morgan fingerprint density at radius 3 is 2.69 bits per heavy atom. The zero-order valence-electron chi connectivity index (χ0n) is 20.7. The number of aromatic nitrogens is 5. The molecule has 0 aliphatic carbocycles. The van der Waals surface area contributed by atoms with Crippen molar-refractivity contribution in [2.45, 2.75) is 62.1 Å². The largest absolute Gasteiger partial charge is 0.381 e. The molecule has 0 unspecified atom stereocenters. The van der Waals surface area contributed by atoms with Gasteiger partial charge in [-0.05, 0) is 57.4 Å². The van der Waals surface area contributed by atoms with E-state index in [4.69, 9.17) is 22.1 Å². The molecule has 188 valence electrons. The monoisotopic (exact) mass is 523 g/mol. The third-order valence-corrected chi connectivity index (χ3v) is 8.37. The van der Waals surface area contributed by atoms with Gasteiger partial charge in [-0.2, -0.15) is 5.10 Å². The van der Waals surface area contributed by atoms with E-state index in [2.05, 4.69) is 57.6 Å². The van der Waals surface area contributed by atoms with E-state index in [0.29, 0.717) is 33.1 Å². The molecule has 3 aromatic rings. The van der Waals surface area contributed by atoms with Crippen LogP contribution in [0.2, 0.25) is 5.02 Å². The number of ether oxygens (including phenoxy) is 1. The van der Waals surface area contributed by atoms with Crippen LogP contribution in [0.3, 0.4) is 0 Å². The topological polar surface area (TPSA) is 95.0 Å². The van der Waals surface area contributed by atoms with Crippen LogP contribution in [0.5, 0.6) is 0 Å². The number of halogens is 1. The fourth-order valence-corrected chi connectivity index (χ4v) is 5.79. The molecule has 2 fully saturated rings. The summed E-state index contributed by atoms with van der Waals surface area (Å²) in [5.74, 6) is 7.34. The summed E-state index contributed by atoms with van der Waals surface area (Å²) in [5, 5.41) is 5.38. The number of hydrogen-bond acceptors (Lipinski definition) is 8. The summed E-state index contributed by atoms with van der Waals surface area (Å²) in [5.41, 5.74) is 7.94. The van der Waals surface area contributed by atoms with E-state index in [1.165, 1.54) is 11.8 Å². The van der Waals surface area contributed by atoms with Crippen molar-refractivity contribution in [3.63, 3.8) is 0 Å². The molecule has 1 atom stereocenters. The van der Waals surface area contributed by atoms with Crippen molar-refractivity contribution in [3.8, 4) is 11.8 Å². The number of hydrogen-bond donors (Lipinski definition) is 1. The van der Waals surface area contributed by atoms with Crippen LogP contribution in [-0.2, 0) is 4.74 Å². The molecule has 36 heavy (non-hydrogen) atoms. The lowest BCUT2D eigenvalue weighted by molar-refractivity contribution is 0.0976. The van der Waals surface area contributed by atoms with Crippen LogP contribution in [0.4, 0.5) is 11.6 Å². The smallest absolute Gasteiger partial charge is 0.158 e. The van der Waals surface area contributed by atoms with Gasteiger partial charge in [0.1, 0.15) is 16.5 Å². The van der Waals surface area contributed by atoms with Crippen molar-refractivity contribution >= 4 is 35.0 Å². The number of nitrogens with two attached hydrogens (primary N) is 1. The molecule has 0 bridgehead atoms. The Hall–Kier alpha value is -2.80. The van der Waals surface area contributed by atoms with Crippen molar-refractivity contribution in [1.29, 1.82) is 0 Å². The van der Waals surface area contributed by atoms with Gasteiger partial charge in [0.15, 0.2) is 5.82 Å². The van der Waals surface area contributed by atoms with Crippen molar-refractivity contribution in [3.05, 3.63) is 47.1 Å². The molecule has 0 radical (unpaired) electrons. The average molecular weight is 524 g/mol. The van der Waals surface area contributed by atoms with Gasteiger partial charge in [-0.25, -0.2) is 15.0 Å². The predicted octanol–water partition coefficient (Wildman–Crippen LogP) is 4.83. The molecular formula is C26H30ClN7OS. The van der Waals surface area contributed by atoms with Gasteiger partial charge < -0.3 is 15.4 Å². The van der Waals surface area contributed by atoms with Crippen molar-refractivity contribution in [1.82, 2.24) is 24.7 Å². The molecule has 1 spiro atoms. The SMILES string of the molecule is CC(C)n1cc(C#Cc2nccc(Sc3ncc(N4CCC5(CC4)CO[C@@H](C)C5)nc3N)c2Cl)cn1. The van der Waals surface area contributed by atoms with Gasteiger partial charge in [0.25, 0.3) is 0 Å². The maximum Gasteiger partial charge on any atom is 0.158 e. The minimum Gasteiger partial charge on any atom is -0.381 e. The summed E-state index contributed by atoms with van der Waals surface area (Å²) < 4.78 is 7.71. The molecule has 2 aliphatic rings. The van der Waals surface area contributed by atoms with Crippen LogP contribution in [-0.4, -0.2) is 50.5 Å². The molecule has 2 aliphatic heterocycles. The fourth-order valence-electron chi connectivity index (χ4n) is 4.73. The quantitative estimate of drug-likeness (QED) is 0.486. The number of pyridine rings is 1. The number of nitrogens with zero attached hydrogens (tertiary/aromatic N) is 6. The summed E-state index contributed by atoms with van der Waals surface area (Å²) >= 11 is 8.01. The Morgan fingerprint density at radius 1 is 1.22 bits per heavy atom. The Balaban J connectivity index is 1.27. The first-order valence-corrected chi connectivity index (χ1v) is 13.4. The second-order valence-electron chi connectivity index (χ2n) is 9.86. The summed E-state index contributed by atoms with van der Waals surface area (Å²) in [6, 6.07) is 2.11. The normalized spacial score (nSPS) is 19.0. The first-order chi connectivity index (χ1) is 17.3. The highest BCUT2D eigenvalue weighted by Crippen LogP contribution is 2.43. The van der Waals surface area contributed by atoms with E-state index in [0.717, 1.165) is 55.2 Å². The van der Waals surface area contributed by atoms with Gasteiger partial charge in [0.05, 0.1) is 35.7 Å². The standard InChI is InChI=1S/C26H30ClN7OS/c1-17(2)34-15-19(13-31-34)4-5-20-23(27)21(6-9-29-20)36-25-24(28)32-22(14-30-25)33-10-7-26(8-11-33)12-18(3)35-16-26/h6,9,13-15,17-18H,7-8,10-12,16H2,1-3H3,(H2,28,32)/t18-/m0/s1. The molecule has 2 N–H and O–H groups in total. The number of nitrogen functional groups attached to an aromatic ring is 1. The molecule has 8 nitrogen and oxygen atoms in total. The highest BCUT2D eigenvalue weighted by Gasteiger charge is 2.41. The number of rotatable bonds is 4. The van der Waals surface area contributed by atoms with E-state index in [1.54, 1.807) is 18.6 Å². The fraction of sp³-hybridized carbons (Fsp3) is 0.462. The number of piperidine rings is 1. The van der Waals surface area contributed by atoms with Crippen LogP contribution >= 0.6 is 23.4 Å². The zero-order valence-corrected chi connectivity index (χ0v) is 22.3. The lowest BCUT2D eigenvalue weighted by Gasteiger charge is -2.38. The van der Waals surface area contributed by atoms with Gasteiger partial charge >= 0.3 is 0 Å². The van der Waals surface area contributed by atoms with E-state index in [9.17, 15) is 0 Å². The Kier molecular flexibility index (Phi) is 7.11. The number of anilines is 2. The minimum atomic E-state index is 0.275. The van der Waals surface area contributed by atoms with Gasteiger partial charge in [-0.1, -0.05) is 29.3 Å². The highest BCUT2D eigenvalue weighted by atomic mass is 35.5. The predicted molar refractivity (Wildman–Crippen MR) is 142 cm³/mol. The third kappa shape index (κ3) is 5.31. The molecular weight excluding hydrogens is 494 g/mol. The molecule has 10 heteroatoms. The summed E-state index contributed by atoms with van der Waals surface area (Å²) in [7, 11) is 0. The van der Waals surface area contributed by atoms with Crippen LogP contribution in [0.1, 0.15) is 57.3 Å². The van der Waals surface area contributed by atoms with Crippen LogP contribution < -0.4 is 10.6 Å². The van der Waals surface area contributed by atoms with Crippen molar-refractivity contribution < 1.29 is 4.74 Å². The molecule has 0 aromatic carbocycles. The Labute approximate surface area is 221 Å². The zero-order chi connectivity index (χ0) is 25.3. The lowest BCUT2D eigenvalue weighted by Crippen LogP contribution is -2.41. The van der Waals surface area contributed by atoms with Crippen molar-refractivity contribution in [2.24, 2.45) is 5.41 Å². The Bertz CT molecular complexity index is 1310. The van der Waals surface area contributed by atoms with Gasteiger partial charge in [0.2, 0.25) is 0 Å². The lowest BCUT2D eigenvalue weighted by atomic mass is 9.77. The third-order valence-electron chi connectivity index (χ3n) is 6.81. The van der Waals surface area contributed by atoms with Crippen LogP contribution in [0.15, 0.2) is 40.8 Å². The van der Waals surface area contributed by atoms with E-state index in [1.807, 2.05) is 16.9 Å². The maximum absolute atomic E-state index is 6.64. The first kappa shape index (κ1) is 24.9. The molecule has 0 amide bonds.